The number of nitrogens with one attached hydrogen (secondary N) is 2. The maximum atomic E-state index is 11.9. The molecular formula is C19H30IN7OS. The number of hydrogen-bond donors (Lipinski definition) is 2. The molecule has 0 spiro atoms. The molecule has 29 heavy (non-hydrogen) atoms. The number of fused-ring (bicyclic) bond motifs is 1. The van der Waals surface area contributed by atoms with Gasteiger partial charge in [0.1, 0.15) is 12.4 Å². The first-order valence-corrected chi connectivity index (χ1v) is 10.5. The van der Waals surface area contributed by atoms with E-state index in [4.69, 9.17) is 0 Å². The lowest BCUT2D eigenvalue weighted by Crippen LogP contribution is -2.47. The van der Waals surface area contributed by atoms with Crippen molar-refractivity contribution in [1.29, 1.82) is 0 Å². The largest absolute Gasteiger partial charge is 0.352 e. The number of carbonyl (C=O) groups excluding carboxylic acids is 1. The Kier molecular flexibility index (Phi) is 8.87. The molecule has 0 saturated carbocycles. The Morgan fingerprint density at radius 2 is 2.24 bits per heavy atom. The highest BCUT2D eigenvalue weighted by Crippen LogP contribution is 2.17. The minimum Gasteiger partial charge on any atom is -0.352 e. The predicted molar refractivity (Wildman–Crippen MR) is 127 cm³/mol. The van der Waals surface area contributed by atoms with Gasteiger partial charge in [-0.3, -0.25) is 4.79 Å². The summed E-state index contributed by atoms with van der Waals surface area (Å²) in [5.74, 6) is 2.90. The number of halogens is 1. The van der Waals surface area contributed by atoms with Gasteiger partial charge in [-0.2, -0.15) is 5.10 Å². The molecule has 0 saturated heterocycles. The summed E-state index contributed by atoms with van der Waals surface area (Å²) in [5, 5.41) is 13.5. The van der Waals surface area contributed by atoms with E-state index in [1.807, 2.05) is 10.7 Å². The SMILES string of the molecule is CC(C)c1nc2n(n1)CC(NC(=NCC(=O)N(C)C)NCc1cccs1)CC2.I. The maximum absolute atomic E-state index is 11.9. The molecule has 0 aliphatic carbocycles. The number of hydrogen-bond acceptors (Lipinski definition) is 5. The van der Waals surface area contributed by atoms with E-state index in [1.165, 1.54) is 4.88 Å². The van der Waals surface area contributed by atoms with Crippen molar-refractivity contribution >= 4 is 47.2 Å². The molecule has 2 aromatic rings. The molecule has 2 aromatic heterocycles. The molecule has 0 aromatic carbocycles. The van der Waals surface area contributed by atoms with Crippen molar-refractivity contribution < 1.29 is 4.79 Å². The van der Waals surface area contributed by atoms with Gasteiger partial charge in [0.2, 0.25) is 5.91 Å². The third kappa shape index (κ3) is 6.66. The number of amides is 1. The van der Waals surface area contributed by atoms with Crippen LogP contribution in [0.15, 0.2) is 22.5 Å². The quantitative estimate of drug-likeness (QED) is 0.339. The van der Waals surface area contributed by atoms with Gasteiger partial charge in [-0.25, -0.2) is 14.7 Å². The number of aryl methyl sites for hydroxylation is 1. The summed E-state index contributed by atoms with van der Waals surface area (Å²) in [4.78, 5) is 23.8. The molecule has 160 valence electrons. The minimum atomic E-state index is -0.0268. The summed E-state index contributed by atoms with van der Waals surface area (Å²) in [6.45, 7) is 5.76. The molecule has 1 atom stereocenters. The van der Waals surface area contributed by atoms with Crippen molar-refractivity contribution in [2.45, 2.75) is 51.7 Å². The second kappa shape index (κ2) is 10.9. The first kappa shape index (κ1) is 23.6. The molecule has 0 fully saturated rings. The van der Waals surface area contributed by atoms with Crippen LogP contribution < -0.4 is 10.6 Å². The molecule has 0 bridgehead atoms. The van der Waals surface area contributed by atoms with E-state index in [0.717, 1.165) is 31.0 Å². The summed E-state index contributed by atoms with van der Waals surface area (Å²) in [6.07, 6.45) is 1.84. The Labute approximate surface area is 193 Å². The Bertz CT molecular complexity index is 817. The highest BCUT2D eigenvalue weighted by atomic mass is 127. The van der Waals surface area contributed by atoms with Gasteiger partial charge >= 0.3 is 0 Å². The van der Waals surface area contributed by atoms with Crippen LogP contribution in [0.1, 0.15) is 42.7 Å². The van der Waals surface area contributed by atoms with Crippen molar-refractivity contribution in [2.75, 3.05) is 20.6 Å². The Morgan fingerprint density at radius 3 is 2.90 bits per heavy atom. The van der Waals surface area contributed by atoms with Crippen molar-refractivity contribution in [3.05, 3.63) is 34.0 Å². The Morgan fingerprint density at radius 1 is 1.45 bits per heavy atom. The first-order valence-electron chi connectivity index (χ1n) is 9.63. The van der Waals surface area contributed by atoms with Crippen molar-refractivity contribution in [3.8, 4) is 0 Å². The zero-order valence-electron chi connectivity index (χ0n) is 17.4. The lowest BCUT2D eigenvalue weighted by atomic mass is 10.1. The third-order valence-electron chi connectivity index (χ3n) is 4.61. The summed E-state index contributed by atoms with van der Waals surface area (Å²) in [7, 11) is 3.48. The molecule has 8 nitrogen and oxygen atoms in total. The van der Waals surface area contributed by atoms with Crippen LogP contribution in [0.3, 0.4) is 0 Å². The average molecular weight is 531 g/mol. The topological polar surface area (TPSA) is 87.4 Å². The second-order valence-corrected chi connectivity index (χ2v) is 8.52. The van der Waals surface area contributed by atoms with Crippen LogP contribution in [0.2, 0.25) is 0 Å². The maximum Gasteiger partial charge on any atom is 0.243 e. The molecule has 3 rings (SSSR count). The molecule has 0 radical (unpaired) electrons. The van der Waals surface area contributed by atoms with Crippen molar-refractivity contribution in [3.63, 3.8) is 0 Å². The van der Waals surface area contributed by atoms with Crippen LogP contribution in [0.4, 0.5) is 0 Å². The number of rotatable bonds is 6. The van der Waals surface area contributed by atoms with E-state index >= 15 is 0 Å². The number of aliphatic imine (C=N–C) groups is 1. The van der Waals surface area contributed by atoms with Crippen LogP contribution in [-0.2, 0) is 24.3 Å². The van der Waals surface area contributed by atoms with Gasteiger partial charge in [-0.1, -0.05) is 19.9 Å². The lowest BCUT2D eigenvalue weighted by Gasteiger charge is -2.25. The van der Waals surface area contributed by atoms with Crippen LogP contribution in [0.5, 0.6) is 0 Å². The Hall–Kier alpha value is -1.69. The monoisotopic (exact) mass is 531 g/mol. The molecule has 1 aliphatic rings. The van der Waals surface area contributed by atoms with Gasteiger partial charge in [0, 0.05) is 37.4 Å². The number of carbonyl (C=O) groups is 1. The summed E-state index contributed by atoms with van der Waals surface area (Å²) < 4.78 is 2.00. The number of guanidine groups is 1. The van der Waals surface area contributed by atoms with Gasteiger partial charge in [0.05, 0.1) is 13.1 Å². The fraction of sp³-hybridized carbons (Fsp3) is 0.579. The summed E-state index contributed by atoms with van der Waals surface area (Å²) in [6, 6.07) is 4.30. The van der Waals surface area contributed by atoms with E-state index < -0.39 is 0 Å². The van der Waals surface area contributed by atoms with E-state index in [-0.39, 0.29) is 42.5 Å². The Balaban J connectivity index is 0.00000300. The van der Waals surface area contributed by atoms with Gasteiger partial charge in [0.25, 0.3) is 0 Å². The fourth-order valence-electron chi connectivity index (χ4n) is 2.91. The van der Waals surface area contributed by atoms with Crippen LogP contribution in [0, 0.1) is 0 Å². The fourth-order valence-corrected chi connectivity index (χ4v) is 3.55. The summed E-state index contributed by atoms with van der Waals surface area (Å²) >= 11 is 1.69. The van der Waals surface area contributed by atoms with Gasteiger partial charge in [0.15, 0.2) is 11.8 Å². The van der Waals surface area contributed by atoms with Crippen molar-refractivity contribution in [2.24, 2.45) is 4.99 Å². The van der Waals surface area contributed by atoms with E-state index in [1.54, 1.807) is 30.3 Å². The summed E-state index contributed by atoms with van der Waals surface area (Å²) in [5.41, 5.74) is 0. The van der Waals surface area contributed by atoms with E-state index in [0.29, 0.717) is 18.4 Å². The van der Waals surface area contributed by atoms with Gasteiger partial charge in [-0.05, 0) is 17.9 Å². The normalized spacial score (nSPS) is 16.2. The minimum absolute atomic E-state index is 0. The molecule has 1 unspecified atom stereocenters. The van der Waals surface area contributed by atoms with Gasteiger partial charge in [-0.15, -0.1) is 35.3 Å². The van der Waals surface area contributed by atoms with Crippen LogP contribution >= 0.6 is 35.3 Å². The smallest absolute Gasteiger partial charge is 0.243 e. The number of likely N-dealkylation sites (N-methyl/N-ethyl adjacent to an activating group) is 1. The molecule has 10 heteroatoms. The highest BCUT2D eigenvalue weighted by Gasteiger charge is 2.23. The lowest BCUT2D eigenvalue weighted by molar-refractivity contribution is -0.127. The average Bonchev–Trinajstić information content (AvgIpc) is 3.32. The van der Waals surface area contributed by atoms with Crippen molar-refractivity contribution in [1.82, 2.24) is 30.3 Å². The third-order valence-corrected chi connectivity index (χ3v) is 5.49. The van der Waals surface area contributed by atoms with Crippen LogP contribution in [-0.4, -0.2) is 58.2 Å². The highest BCUT2D eigenvalue weighted by molar-refractivity contribution is 14.0. The second-order valence-electron chi connectivity index (χ2n) is 7.49. The zero-order chi connectivity index (χ0) is 20.1. The van der Waals surface area contributed by atoms with E-state index in [2.05, 4.69) is 51.0 Å². The standard InChI is InChI=1S/C19H29N7OS.HI/c1-13(2)18-23-16-8-7-14(12-26(16)24-18)22-19(21-11-17(27)25(3)4)20-10-15-6-5-9-28-15;/h5-6,9,13-14H,7-8,10-12H2,1-4H3,(H2,20,21,22);1H. The zero-order valence-corrected chi connectivity index (χ0v) is 20.5. The number of aromatic nitrogens is 3. The molecule has 1 aliphatic heterocycles. The first-order chi connectivity index (χ1) is 13.4. The predicted octanol–water partition coefficient (Wildman–Crippen LogP) is 2.22. The molecule has 1 amide bonds. The van der Waals surface area contributed by atoms with Gasteiger partial charge < -0.3 is 15.5 Å². The molecule has 3 heterocycles. The number of thiophene rings is 1. The molecule has 2 N–H and O–H groups in total. The van der Waals surface area contributed by atoms with E-state index in [9.17, 15) is 4.79 Å². The molecular weight excluding hydrogens is 501 g/mol. The van der Waals surface area contributed by atoms with Crippen LogP contribution in [0.25, 0.3) is 0 Å². The number of nitrogens with zero attached hydrogens (tertiary/aromatic N) is 5.